The molecule has 1 heterocycles. The summed E-state index contributed by atoms with van der Waals surface area (Å²) >= 11 is 1.91. The van der Waals surface area contributed by atoms with E-state index in [0.717, 1.165) is 5.41 Å². The van der Waals surface area contributed by atoms with E-state index in [1.165, 1.54) is 45.2 Å². The van der Waals surface area contributed by atoms with Gasteiger partial charge < -0.3 is 0 Å². The summed E-state index contributed by atoms with van der Waals surface area (Å²) in [6.45, 7) is 2.67. The monoisotopic (exact) mass is 171 g/mol. The van der Waals surface area contributed by atoms with Crippen molar-refractivity contribution in [2.24, 2.45) is 5.41 Å². The van der Waals surface area contributed by atoms with Gasteiger partial charge in [-0.15, -0.1) is 0 Å². The van der Waals surface area contributed by atoms with E-state index in [-0.39, 0.29) is 0 Å². The SMILES string of the molecule is CSN1CCC2(CCC2)CC1. The van der Waals surface area contributed by atoms with Gasteiger partial charge in [-0.1, -0.05) is 18.4 Å². The maximum Gasteiger partial charge on any atom is 0.00945 e. The molecule has 0 radical (unpaired) electrons. The van der Waals surface area contributed by atoms with Gasteiger partial charge in [0.2, 0.25) is 0 Å². The van der Waals surface area contributed by atoms with Crippen molar-refractivity contribution in [3.8, 4) is 0 Å². The van der Waals surface area contributed by atoms with Crippen molar-refractivity contribution in [3.05, 3.63) is 0 Å². The van der Waals surface area contributed by atoms with Crippen LogP contribution in [0.5, 0.6) is 0 Å². The fraction of sp³-hybridized carbons (Fsp3) is 1.00. The number of hydrogen-bond acceptors (Lipinski definition) is 2. The Morgan fingerprint density at radius 2 is 1.73 bits per heavy atom. The van der Waals surface area contributed by atoms with E-state index >= 15 is 0 Å². The molecule has 2 rings (SSSR count). The van der Waals surface area contributed by atoms with Gasteiger partial charge in [0.25, 0.3) is 0 Å². The molecule has 1 saturated carbocycles. The smallest absolute Gasteiger partial charge is 0.00945 e. The first-order chi connectivity index (χ1) is 5.35. The Morgan fingerprint density at radius 3 is 2.09 bits per heavy atom. The van der Waals surface area contributed by atoms with Crippen molar-refractivity contribution in [1.82, 2.24) is 4.31 Å². The number of piperidine rings is 1. The Morgan fingerprint density at radius 1 is 1.09 bits per heavy atom. The second kappa shape index (κ2) is 2.98. The quantitative estimate of drug-likeness (QED) is 0.558. The lowest BCUT2D eigenvalue weighted by Gasteiger charge is -2.47. The summed E-state index contributed by atoms with van der Waals surface area (Å²) in [5.41, 5.74) is 0.826. The third kappa shape index (κ3) is 1.43. The number of nitrogens with zero attached hydrogens (tertiary/aromatic N) is 1. The minimum atomic E-state index is 0.826. The lowest BCUT2D eigenvalue weighted by molar-refractivity contribution is 0.0640. The molecule has 1 nitrogen and oxygen atoms in total. The van der Waals surface area contributed by atoms with Gasteiger partial charge in [-0.3, -0.25) is 4.31 Å². The molecule has 2 fully saturated rings. The molecule has 1 aliphatic carbocycles. The zero-order valence-electron chi connectivity index (χ0n) is 7.31. The van der Waals surface area contributed by atoms with E-state index in [9.17, 15) is 0 Å². The summed E-state index contributed by atoms with van der Waals surface area (Å²) in [5, 5.41) is 0. The molecular weight excluding hydrogens is 154 g/mol. The summed E-state index contributed by atoms with van der Waals surface area (Å²) in [6, 6.07) is 0. The van der Waals surface area contributed by atoms with E-state index in [4.69, 9.17) is 0 Å². The number of hydrogen-bond donors (Lipinski definition) is 0. The first-order valence-corrected chi connectivity index (χ1v) is 5.82. The van der Waals surface area contributed by atoms with Crippen molar-refractivity contribution in [1.29, 1.82) is 0 Å². The fourth-order valence-corrected chi connectivity index (χ4v) is 2.87. The van der Waals surface area contributed by atoms with E-state index in [1.54, 1.807) is 0 Å². The Labute approximate surface area is 73.7 Å². The molecule has 2 heteroatoms. The van der Waals surface area contributed by atoms with E-state index in [2.05, 4.69) is 10.6 Å². The lowest BCUT2D eigenvalue weighted by Crippen LogP contribution is -2.40. The van der Waals surface area contributed by atoms with Gasteiger partial charge in [0.1, 0.15) is 0 Å². The highest BCUT2D eigenvalue weighted by molar-refractivity contribution is 7.96. The van der Waals surface area contributed by atoms with Crippen LogP contribution in [0.2, 0.25) is 0 Å². The molecule has 1 saturated heterocycles. The Balaban J connectivity index is 1.84. The first-order valence-electron chi connectivity index (χ1n) is 4.64. The largest absolute Gasteiger partial charge is 0.251 e. The molecule has 0 aromatic carbocycles. The normalized spacial score (nSPS) is 30.3. The van der Waals surface area contributed by atoms with Gasteiger partial charge in [-0.2, -0.15) is 0 Å². The third-order valence-corrected chi connectivity index (χ3v) is 4.34. The molecule has 0 aromatic rings. The molecule has 1 aliphatic heterocycles. The highest BCUT2D eigenvalue weighted by Gasteiger charge is 2.39. The predicted octanol–water partition coefficient (Wildman–Crippen LogP) is 2.53. The average molecular weight is 171 g/mol. The molecule has 0 aromatic heterocycles. The van der Waals surface area contributed by atoms with Crippen LogP contribution in [0.3, 0.4) is 0 Å². The van der Waals surface area contributed by atoms with Crippen LogP contribution in [0.4, 0.5) is 0 Å². The zero-order valence-corrected chi connectivity index (χ0v) is 8.12. The van der Waals surface area contributed by atoms with Gasteiger partial charge in [0.05, 0.1) is 0 Å². The average Bonchev–Trinajstić information content (AvgIpc) is 2.02. The van der Waals surface area contributed by atoms with Crippen LogP contribution in [0, 0.1) is 5.41 Å². The summed E-state index contributed by atoms with van der Waals surface area (Å²) in [5.74, 6) is 0. The first kappa shape index (κ1) is 7.93. The van der Waals surface area contributed by atoms with Crippen LogP contribution in [0.15, 0.2) is 0 Å². The molecule has 0 amide bonds. The summed E-state index contributed by atoms with van der Waals surface area (Å²) in [4.78, 5) is 0. The lowest BCUT2D eigenvalue weighted by atomic mass is 9.63. The minimum absolute atomic E-state index is 0.826. The summed E-state index contributed by atoms with van der Waals surface area (Å²) in [6.07, 6.45) is 9.67. The molecule has 0 atom stereocenters. The van der Waals surface area contributed by atoms with E-state index in [0.29, 0.717) is 0 Å². The van der Waals surface area contributed by atoms with Crippen molar-refractivity contribution in [2.45, 2.75) is 32.1 Å². The maximum atomic E-state index is 2.50. The van der Waals surface area contributed by atoms with Crippen molar-refractivity contribution >= 4 is 11.9 Å². The standard InChI is InChI=1S/C9H17NS/c1-11-10-7-5-9(6-8-10)3-2-4-9/h2-8H2,1H3. The maximum absolute atomic E-state index is 2.50. The van der Waals surface area contributed by atoms with Crippen LogP contribution in [0.1, 0.15) is 32.1 Å². The van der Waals surface area contributed by atoms with Gasteiger partial charge in [0, 0.05) is 13.1 Å². The summed E-state index contributed by atoms with van der Waals surface area (Å²) < 4.78 is 2.50. The fourth-order valence-electron chi connectivity index (χ4n) is 2.32. The van der Waals surface area contributed by atoms with Crippen LogP contribution in [-0.4, -0.2) is 23.7 Å². The van der Waals surface area contributed by atoms with Gasteiger partial charge in [0.15, 0.2) is 0 Å². The Bertz CT molecular complexity index is 132. The topological polar surface area (TPSA) is 3.24 Å². The zero-order chi connectivity index (χ0) is 7.73. The van der Waals surface area contributed by atoms with Crippen LogP contribution in [-0.2, 0) is 0 Å². The molecule has 0 N–H and O–H groups in total. The van der Waals surface area contributed by atoms with Gasteiger partial charge >= 0.3 is 0 Å². The van der Waals surface area contributed by atoms with Crippen molar-refractivity contribution in [2.75, 3.05) is 19.3 Å². The Kier molecular flexibility index (Phi) is 2.15. The molecular formula is C9H17NS. The molecule has 0 bridgehead atoms. The highest BCUT2D eigenvalue weighted by atomic mass is 32.2. The summed E-state index contributed by atoms with van der Waals surface area (Å²) in [7, 11) is 0. The second-order valence-electron chi connectivity index (χ2n) is 3.97. The van der Waals surface area contributed by atoms with Crippen LogP contribution in [0.25, 0.3) is 0 Å². The second-order valence-corrected chi connectivity index (χ2v) is 4.85. The van der Waals surface area contributed by atoms with E-state index < -0.39 is 0 Å². The Hall–Kier alpha value is 0.310. The van der Waals surface area contributed by atoms with Crippen LogP contribution >= 0.6 is 11.9 Å². The molecule has 64 valence electrons. The molecule has 0 unspecified atom stereocenters. The third-order valence-electron chi connectivity index (χ3n) is 3.46. The molecule has 11 heavy (non-hydrogen) atoms. The highest BCUT2D eigenvalue weighted by Crippen LogP contribution is 2.49. The van der Waals surface area contributed by atoms with Gasteiger partial charge in [-0.25, -0.2) is 0 Å². The number of rotatable bonds is 1. The molecule has 1 spiro atoms. The van der Waals surface area contributed by atoms with Crippen LogP contribution < -0.4 is 0 Å². The van der Waals surface area contributed by atoms with Crippen molar-refractivity contribution < 1.29 is 0 Å². The van der Waals surface area contributed by atoms with Gasteiger partial charge in [-0.05, 0) is 37.4 Å². The minimum Gasteiger partial charge on any atom is -0.251 e. The molecule has 2 aliphatic rings. The predicted molar refractivity (Wildman–Crippen MR) is 50.6 cm³/mol. The van der Waals surface area contributed by atoms with Crippen molar-refractivity contribution in [3.63, 3.8) is 0 Å². The van der Waals surface area contributed by atoms with E-state index in [1.807, 2.05) is 11.9 Å².